The lowest BCUT2D eigenvalue weighted by atomic mass is 9.94. The fraction of sp³-hybridized carbons (Fsp3) is 0.444. The van der Waals surface area contributed by atoms with Crippen LogP contribution in [0.25, 0.3) is 10.8 Å². The van der Waals surface area contributed by atoms with E-state index in [1.54, 1.807) is 7.11 Å². The normalized spacial score (nSPS) is 16.8. The maximum Gasteiger partial charge on any atom is 0.124 e. The molecule has 1 saturated heterocycles. The Kier molecular flexibility index (Phi) is 6.66. The van der Waals surface area contributed by atoms with Crippen molar-refractivity contribution in [1.82, 2.24) is 10.2 Å². The highest BCUT2D eigenvalue weighted by molar-refractivity contribution is 5.88. The molecule has 0 unspecified atom stereocenters. The van der Waals surface area contributed by atoms with Gasteiger partial charge in [0.15, 0.2) is 0 Å². The van der Waals surface area contributed by atoms with Crippen LogP contribution < -0.4 is 10.1 Å². The van der Waals surface area contributed by atoms with Crippen LogP contribution in [0.4, 0.5) is 0 Å². The van der Waals surface area contributed by atoms with E-state index in [1.807, 2.05) is 6.07 Å². The van der Waals surface area contributed by atoms with Crippen molar-refractivity contribution >= 4 is 23.2 Å². The molecule has 0 saturated carbocycles. The molecule has 4 nitrogen and oxygen atoms in total. The zero-order chi connectivity index (χ0) is 15.4. The van der Waals surface area contributed by atoms with Crippen molar-refractivity contribution in [3.8, 4) is 5.75 Å². The molecule has 0 amide bonds. The van der Waals surface area contributed by atoms with E-state index < -0.39 is 0 Å². The molecular formula is C18H25ClN2O2. The molecule has 1 fully saturated rings. The number of nitrogens with zero attached hydrogens (tertiary/aromatic N) is 1. The minimum atomic E-state index is 0. The molecule has 0 aromatic heterocycles. The average Bonchev–Trinajstić information content (AvgIpc) is 2.59. The van der Waals surface area contributed by atoms with Gasteiger partial charge in [-0.2, -0.15) is 0 Å². The Bertz CT molecular complexity index is 629. The van der Waals surface area contributed by atoms with Crippen LogP contribution in [0.5, 0.6) is 5.75 Å². The zero-order valence-electron chi connectivity index (χ0n) is 13.5. The van der Waals surface area contributed by atoms with E-state index in [1.165, 1.54) is 16.3 Å². The SMILES string of the molecule is COc1ccc2ccccc2c1[C@H](CCO)N1CCNCC1.Cl. The monoisotopic (exact) mass is 336 g/mol. The first-order chi connectivity index (χ1) is 10.8. The van der Waals surface area contributed by atoms with Crippen LogP contribution in [0.3, 0.4) is 0 Å². The molecule has 2 aromatic carbocycles. The molecule has 0 aliphatic carbocycles. The number of hydrogen-bond acceptors (Lipinski definition) is 4. The standard InChI is InChI=1S/C18H24N2O2.ClH/c1-22-17-7-6-14-4-2-3-5-15(14)18(17)16(8-13-21)20-11-9-19-10-12-20;/h2-7,16,19,21H,8-13H2,1H3;1H/t16-;/m0./s1. The third-order valence-corrected chi connectivity index (χ3v) is 4.48. The molecular weight excluding hydrogens is 312 g/mol. The van der Waals surface area contributed by atoms with Crippen LogP contribution in [-0.4, -0.2) is 49.9 Å². The van der Waals surface area contributed by atoms with Crippen molar-refractivity contribution in [2.45, 2.75) is 12.5 Å². The lowest BCUT2D eigenvalue weighted by Gasteiger charge is -2.36. The number of aliphatic hydroxyl groups excluding tert-OH is 1. The molecule has 1 aliphatic rings. The smallest absolute Gasteiger partial charge is 0.124 e. The molecule has 3 rings (SSSR count). The van der Waals surface area contributed by atoms with Gasteiger partial charge in [-0.3, -0.25) is 4.90 Å². The highest BCUT2D eigenvalue weighted by Crippen LogP contribution is 2.37. The van der Waals surface area contributed by atoms with Gasteiger partial charge in [-0.1, -0.05) is 30.3 Å². The molecule has 1 atom stereocenters. The first-order valence-electron chi connectivity index (χ1n) is 7.96. The average molecular weight is 337 g/mol. The number of ether oxygens (including phenoxy) is 1. The van der Waals surface area contributed by atoms with Gasteiger partial charge in [-0.25, -0.2) is 0 Å². The third-order valence-electron chi connectivity index (χ3n) is 4.48. The van der Waals surface area contributed by atoms with Crippen LogP contribution >= 0.6 is 12.4 Å². The summed E-state index contributed by atoms with van der Waals surface area (Å²) in [5.74, 6) is 0.913. The summed E-state index contributed by atoms with van der Waals surface area (Å²) in [6.45, 7) is 4.17. The molecule has 0 radical (unpaired) electrons. The zero-order valence-corrected chi connectivity index (χ0v) is 14.3. The Hall–Kier alpha value is -1.33. The Morgan fingerprint density at radius 1 is 1.17 bits per heavy atom. The molecule has 23 heavy (non-hydrogen) atoms. The number of halogens is 1. The summed E-state index contributed by atoms with van der Waals surface area (Å²) in [4.78, 5) is 2.46. The van der Waals surface area contributed by atoms with Gasteiger partial charge in [0.2, 0.25) is 0 Å². The first-order valence-corrected chi connectivity index (χ1v) is 7.96. The Morgan fingerprint density at radius 3 is 2.61 bits per heavy atom. The van der Waals surface area contributed by atoms with E-state index in [9.17, 15) is 5.11 Å². The van der Waals surface area contributed by atoms with E-state index in [2.05, 4.69) is 40.5 Å². The van der Waals surface area contributed by atoms with Gasteiger partial charge in [0.25, 0.3) is 0 Å². The van der Waals surface area contributed by atoms with E-state index in [-0.39, 0.29) is 25.1 Å². The summed E-state index contributed by atoms with van der Waals surface area (Å²) in [6, 6.07) is 12.7. The minimum absolute atomic E-state index is 0. The second-order valence-electron chi connectivity index (χ2n) is 5.72. The summed E-state index contributed by atoms with van der Waals surface area (Å²) in [6.07, 6.45) is 0.727. The Balaban J connectivity index is 0.00000192. The largest absolute Gasteiger partial charge is 0.496 e. The maximum absolute atomic E-state index is 9.58. The van der Waals surface area contributed by atoms with Gasteiger partial charge in [0.1, 0.15) is 5.75 Å². The summed E-state index contributed by atoms with van der Waals surface area (Å²) >= 11 is 0. The number of nitrogens with one attached hydrogen (secondary N) is 1. The van der Waals surface area contributed by atoms with Crippen molar-refractivity contribution in [2.24, 2.45) is 0 Å². The predicted molar refractivity (Wildman–Crippen MR) is 96.6 cm³/mol. The molecule has 0 spiro atoms. The molecule has 1 aliphatic heterocycles. The summed E-state index contributed by atoms with van der Waals surface area (Å²) in [5.41, 5.74) is 1.21. The number of piperazine rings is 1. The van der Waals surface area contributed by atoms with Gasteiger partial charge in [0.05, 0.1) is 7.11 Å². The maximum atomic E-state index is 9.58. The molecule has 0 bridgehead atoms. The fourth-order valence-corrected chi connectivity index (χ4v) is 3.42. The number of methoxy groups -OCH3 is 1. The number of fused-ring (bicyclic) bond motifs is 1. The van der Waals surface area contributed by atoms with Crippen molar-refractivity contribution in [2.75, 3.05) is 39.9 Å². The molecule has 2 N–H and O–H groups in total. The van der Waals surface area contributed by atoms with Crippen LogP contribution in [0.15, 0.2) is 36.4 Å². The van der Waals surface area contributed by atoms with E-state index >= 15 is 0 Å². The predicted octanol–water partition coefficient (Wildman–Crippen LogP) is 2.60. The van der Waals surface area contributed by atoms with Gasteiger partial charge in [0, 0.05) is 44.4 Å². The van der Waals surface area contributed by atoms with Gasteiger partial charge >= 0.3 is 0 Å². The second kappa shape index (κ2) is 8.50. The van der Waals surface area contributed by atoms with E-state index in [4.69, 9.17) is 4.74 Å². The van der Waals surface area contributed by atoms with Crippen LogP contribution in [0.2, 0.25) is 0 Å². The van der Waals surface area contributed by atoms with Crippen LogP contribution in [0, 0.1) is 0 Å². The fourth-order valence-electron chi connectivity index (χ4n) is 3.42. The summed E-state index contributed by atoms with van der Waals surface area (Å²) in [5, 5.41) is 15.4. The van der Waals surface area contributed by atoms with Crippen LogP contribution in [-0.2, 0) is 0 Å². The lowest BCUT2D eigenvalue weighted by Crippen LogP contribution is -2.45. The van der Waals surface area contributed by atoms with Crippen molar-refractivity contribution in [3.05, 3.63) is 42.0 Å². The van der Waals surface area contributed by atoms with Gasteiger partial charge in [-0.05, 0) is 23.3 Å². The van der Waals surface area contributed by atoms with Crippen molar-refractivity contribution in [3.63, 3.8) is 0 Å². The minimum Gasteiger partial charge on any atom is -0.496 e. The summed E-state index contributed by atoms with van der Waals surface area (Å²) < 4.78 is 5.65. The van der Waals surface area contributed by atoms with Crippen LogP contribution in [0.1, 0.15) is 18.0 Å². The highest BCUT2D eigenvalue weighted by Gasteiger charge is 2.26. The van der Waals surface area contributed by atoms with Crippen molar-refractivity contribution < 1.29 is 9.84 Å². The Labute approximate surface area is 143 Å². The number of rotatable bonds is 5. The number of hydrogen-bond donors (Lipinski definition) is 2. The quantitative estimate of drug-likeness (QED) is 0.881. The summed E-state index contributed by atoms with van der Waals surface area (Å²) in [7, 11) is 1.72. The Morgan fingerprint density at radius 2 is 1.91 bits per heavy atom. The topological polar surface area (TPSA) is 44.7 Å². The third kappa shape index (κ3) is 3.78. The van der Waals surface area contributed by atoms with Gasteiger partial charge in [-0.15, -0.1) is 12.4 Å². The molecule has 5 heteroatoms. The van der Waals surface area contributed by atoms with E-state index in [0.717, 1.165) is 38.3 Å². The molecule has 1 heterocycles. The van der Waals surface area contributed by atoms with Crippen molar-refractivity contribution in [1.29, 1.82) is 0 Å². The first kappa shape index (κ1) is 18.0. The lowest BCUT2D eigenvalue weighted by molar-refractivity contribution is 0.140. The van der Waals surface area contributed by atoms with Gasteiger partial charge < -0.3 is 15.2 Å². The number of aliphatic hydroxyl groups is 1. The second-order valence-corrected chi connectivity index (χ2v) is 5.72. The molecule has 2 aromatic rings. The highest BCUT2D eigenvalue weighted by atomic mass is 35.5. The number of benzene rings is 2. The molecule has 126 valence electrons. The van der Waals surface area contributed by atoms with E-state index in [0.29, 0.717) is 0 Å².